The number of para-hydroxylation sites is 2. The molecule has 7 nitrogen and oxygen atoms in total. The van der Waals surface area contributed by atoms with E-state index in [9.17, 15) is 9.59 Å². The van der Waals surface area contributed by atoms with E-state index in [1.807, 2.05) is 67.6 Å². The van der Waals surface area contributed by atoms with Gasteiger partial charge in [0.15, 0.2) is 0 Å². The first-order chi connectivity index (χ1) is 15.4. The van der Waals surface area contributed by atoms with Crippen LogP contribution in [0.5, 0.6) is 0 Å². The molecule has 0 fully saturated rings. The average molecular weight is 430 g/mol. The minimum atomic E-state index is -0.284. The van der Waals surface area contributed by atoms with Gasteiger partial charge in [-0.1, -0.05) is 50.2 Å². The van der Waals surface area contributed by atoms with Crippen LogP contribution >= 0.6 is 0 Å². The molecule has 4 rings (SSSR count). The Morgan fingerprint density at radius 1 is 0.969 bits per heavy atom. The number of nitrogens with zero attached hydrogens (tertiary/aromatic N) is 2. The van der Waals surface area contributed by atoms with E-state index in [2.05, 4.69) is 34.9 Å². The molecular formula is C25H27N5O2. The first kappa shape index (κ1) is 21.4. The minimum Gasteiger partial charge on any atom is -0.343 e. The second-order valence-corrected chi connectivity index (χ2v) is 8.30. The zero-order chi connectivity index (χ0) is 22.7. The van der Waals surface area contributed by atoms with Crippen LogP contribution in [0.3, 0.4) is 0 Å². The Kier molecular flexibility index (Phi) is 6.07. The van der Waals surface area contributed by atoms with Gasteiger partial charge in [-0.3, -0.25) is 9.59 Å². The monoisotopic (exact) mass is 429 g/mol. The van der Waals surface area contributed by atoms with Crippen molar-refractivity contribution in [2.24, 2.45) is 5.92 Å². The summed E-state index contributed by atoms with van der Waals surface area (Å²) in [5.74, 6) is 0.489. The van der Waals surface area contributed by atoms with Gasteiger partial charge in [-0.25, -0.2) is 4.68 Å². The van der Waals surface area contributed by atoms with Crippen LogP contribution in [-0.2, 0) is 4.79 Å². The van der Waals surface area contributed by atoms with Crippen molar-refractivity contribution in [1.82, 2.24) is 9.78 Å². The molecule has 1 atom stereocenters. The van der Waals surface area contributed by atoms with Gasteiger partial charge < -0.3 is 16.0 Å². The number of fused-ring (bicyclic) bond motifs is 1. The lowest BCUT2D eigenvalue weighted by Crippen LogP contribution is -2.32. The maximum Gasteiger partial charge on any atom is 0.261 e. The minimum absolute atomic E-state index is 0.178. The first-order valence-electron chi connectivity index (χ1n) is 10.7. The van der Waals surface area contributed by atoms with Crippen LogP contribution in [0.25, 0.3) is 0 Å². The van der Waals surface area contributed by atoms with Crippen molar-refractivity contribution in [3.8, 4) is 0 Å². The molecule has 2 amide bonds. The van der Waals surface area contributed by atoms with Gasteiger partial charge in [0, 0.05) is 17.1 Å². The lowest BCUT2D eigenvalue weighted by Gasteiger charge is -2.31. The molecule has 3 aromatic rings. The second kappa shape index (κ2) is 9.09. The Hall–Kier alpha value is -3.87. The summed E-state index contributed by atoms with van der Waals surface area (Å²) >= 11 is 0. The van der Waals surface area contributed by atoms with Crippen LogP contribution in [-0.4, -0.2) is 21.6 Å². The number of hydrogen-bond donors (Lipinski definition) is 3. The van der Waals surface area contributed by atoms with Crippen molar-refractivity contribution in [2.75, 3.05) is 16.0 Å². The maximum absolute atomic E-state index is 13.2. The predicted molar refractivity (Wildman–Crippen MR) is 127 cm³/mol. The van der Waals surface area contributed by atoms with E-state index in [0.29, 0.717) is 40.7 Å². The van der Waals surface area contributed by atoms with Crippen molar-refractivity contribution in [1.29, 1.82) is 0 Å². The Labute approximate surface area is 187 Å². The molecule has 1 aliphatic heterocycles. The van der Waals surface area contributed by atoms with E-state index in [0.717, 1.165) is 5.69 Å². The smallest absolute Gasteiger partial charge is 0.261 e. The van der Waals surface area contributed by atoms with E-state index < -0.39 is 0 Å². The molecule has 0 aliphatic carbocycles. The van der Waals surface area contributed by atoms with Crippen LogP contribution in [0.1, 0.15) is 43.6 Å². The van der Waals surface area contributed by atoms with E-state index >= 15 is 0 Å². The molecule has 0 spiro atoms. The summed E-state index contributed by atoms with van der Waals surface area (Å²) in [7, 11) is 0. The summed E-state index contributed by atoms with van der Waals surface area (Å²) < 4.78 is 1.76. The SMILES string of the molecule is CC1=C(C(=O)Nc2ccccc2)[C@H](CC(C)C)n2ncc(C(=O)Nc3ccccc3)c2N1. The van der Waals surface area contributed by atoms with Gasteiger partial charge in [-0.05, 0) is 43.5 Å². The average Bonchev–Trinajstić information content (AvgIpc) is 3.18. The molecule has 0 radical (unpaired) electrons. The lowest BCUT2D eigenvalue weighted by atomic mass is 9.93. The summed E-state index contributed by atoms with van der Waals surface area (Å²) in [5.41, 5.74) is 3.21. The second-order valence-electron chi connectivity index (χ2n) is 8.30. The summed E-state index contributed by atoms with van der Waals surface area (Å²) in [6.07, 6.45) is 2.27. The Balaban J connectivity index is 1.65. The van der Waals surface area contributed by atoms with Gasteiger partial charge in [0.2, 0.25) is 0 Å². The van der Waals surface area contributed by atoms with E-state index in [1.54, 1.807) is 10.9 Å². The highest BCUT2D eigenvalue weighted by molar-refractivity contribution is 6.09. The van der Waals surface area contributed by atoms with Crippen LogP contribution in [0.2, 0.25) is 0 Å². The number of carbonyl (C=O) groups excluding carboxylic acids is 2. The third-order valence-electron chi connectivity index (χ3n) is 5.38. The lowest BCUT2D eigenvalue weighted by molar-refractivity contribution is -0.113. The summed E-state index contributed by atoms with van der Waals surface area (Å²) in [6, 6.07) is 18.4. The molecule has 0 bridgehead atoms. The first-order valence-corrected chi connectivity index (χ1v) is 10.7. The van der Waals surface area contributed by atoms with Gasteiger partial charge in [0.25, 0.3) is 11.8 Å². The fraction of sp³-hybridized carbons (Fsp3) is 0.240. The number of aromatic nitrogens is 2. The number of anilines is 3. The summed E-state index contributed by atoms with van der Waals surface area (Å²) in [6.45, 7) is 6.08. The molecular weight excluding hydrogens is 402 g/mol. The summed E-state index contributed by atoms with van der Waals surface area (Å²) in [5, 5.41) is 13.6. The molecule has 0 saturated carbocycles. The number of rotatable bonds is 6. The van der Waals surface area contributed by atoms with Gasteiger partial charge in [-0.2, -0.15) is 5.10 Å². The molecule has 32 heavy (non-hydrogen) atoms. The van der Waals surface area contributed by atoms with E-state index in [4.69, 9.17) is 0 Å². The Bertz CT molecular complexity index is 1150. The number of nitrogens with one attached hydrogen (secondary N) is 3. The normalized spacial score (nSPS) is 15.2. The van der Waals surface area contributed by atoms with Gasteiger partial charge in [-0.15, -0.1) is 0 Å². The van der Waals surface area contributed by atoms with Crippen LogP contribution in [0.15, 0.2) is 78.1 Å². The molecule has 0 unspecified atom stereocenters. The van der Waals surface area contributed by atoms with Crippen molar-refractivity contribution < 1.29 is 9.59 Å². The predicted octanol–water partition coefficient (Wildman–Crippen LogP) is 5.06. The van der Waals surface area contributed by atoms with Crippen molar-refractivity contribution in [2.45, 2.75) is 33.2 Å². The quantitative estimate of drug-likeness (QED) is 0.511. The Morgan fingerprint density at radius 3 is 2.09 bits per heavy atom. The fourth-order valence-corrected chi connectivity index (χ4v) is 3.93. The largest absolute Gasteiger partial charge is 0.343 e. The van der Waals surface area contributed by atoms with Crippen molar-refractivity contribution in [3.05, 3.63) is 83.7 Å². The van der Waals surface area contributed by atoms with E-state index in [1.165, 1.54) is 0 Å². The zero-order valence-electron chi connectivity index (χ0n) is 18.4. The number of amides is 2. The molecule has 164 valence electrons. The molecule has 2 aromatic carbocycles. The molecule has 3 N–H and O–H groups in total. The molecule has 2 heterocycles. The highest BCUT2D eigenvalue weighted by atomic mass is 16.2. The highest BCUT2D eigenvalue weighted by Gasteiger charge is 2.34. The third kappa shape index (κ3) is 4.42. The number of carbonyl (C=O) groups is 2. The van der Waals surface area contributed by atoms with Crippen molar-refractivity contribution >= 4 is 29.0 Å². The highest BCUT2D eigenvalue weighted by Crippen LogP contribution is 2.37. The standard InChI is InChI=1S/C25H27N5O2/c1-16(2)14-21-22(25(32)29-19-12-8-5-9-13-19)17(3)27-23-20(15-26-30(21)23)24(31)28-18-10-6-4-7-11-18/h4-13,15-16,21,27H,14H2,1-3H3,(H,28,31)(H,29,32)/t21-/m0/s1. The van der Waals surface area contributed by atoms with Crippen LogP contribution < -0.4 is 16.0 Å². The number of benzene rings is 2. The van der Waals surface area contributed by atoms with Crippen LogP contribution in [0, 0.1) is 5.92 Å². The van der Waals surface area contributed by atoms with Gasteiger partial charge >= 0.3 is 0 Å². The molecule has 1 aromatic heterocycles. The van der Waals surface area contributed by atoms with E-state index in [-0.39, 0.29) is 17.9 Å². The fourth-order valence-electron chi connectivity index (χ4n) is 3.93. The van der Waals surface area contributed by atoms with Crippen molar-refractivity contribution in [3.63, 3.8) is 0 Å². The summed E-state index contributed by atoms with van der Waals surface area (Å²) in [4.78, 5) is 26.2. The maximum atomic E-state index is 13.2. The zero-order valence-corrected chi connectivity index (χ0v) is 18.4. The molecule has 7 heteroatoms. The number of hydrogen-bond acceptors (Lipinski definition) is 4. The van der Waals surface area contributed by atoms with Crippen LogP contribution in [0.4, 0.5) is 17.2 Å². The Morgan fingerprint density at radius 2 is 1.53 bits per heavy atom. The third-order valence-corrected chi connectivity index (χ3v) is 5.38. The topological polar surface area (TPSA) is 88.0 Å². The molecule has 0 saturated heterocycles. The number of allylic oxidation sites excluding steroid dienone is 1. The molecule has 1 aliphatic rings. The van der Waals surface area contributed by atoms with Gasteiger partial charge in [0.1, 0.15) is 11.4 Å². The van der Waals surface area contributed by atoms with Gasteiger partial charge in [0.05, 0.1) is 17.8 Å².